The Balaban J connectivity index is 1.54. The number of anilines is 1. The molecule has 1 atom stereocenters. The van der Waals surface area contributed by atoms with E-state index in [2.05, 4.69) is 5.32 Å². The smallest absolute Gasteiger partial charge is 0.338 e. The van der Waals surface area contributed by atoms with Gasteiger partial charge >= 0.3 is 5.97 Å². The van der Waals surface area contributed by atoms with Gasteiger partial charge in [-0.25, -0.2) is 4.79 Å². The van der Waals surface area contributed by atoms with Crippen LogP contribution < -0.4 is 10.1 Å². The third-order valence-electron chi connectivity index (χ3n) is 3.61. The van der Waals surface area contributed by atoms with Crippen LogP contribution in [0, 0.1) is 0 Å². The number of benzene rings is 2. The Morgan fingerprint density at radius 1 is 1.19 bits per heavy atom. The fourth-order valence-corrected chi connectivity index (χ4v) is 3.69. The zero-order valence-electron chi connectivity index (χ0n) is 13.8. The number of rotatable bonds is 5. The Bertz CT molecular complexity index is 859. The lowest BCUT2D eigenvalue weighted by molar-refractivity contribution is -0.115. The Labute approximate surface area is 165 Å². The molecule has 0 aromatic heterocycles. The normalized spacial score (nSPS) is 15.8. The lowest BCUT2D eigenvalue weighted by Gasteiger charge is -2.21. The van der Waals surface area contributed by atoms with Crippen LogP contribution in [0.5, 0.6) is 5.75 Å². The van der Waals surface area contributed by atoms with E-state index in [4.69, 9.17) is 32.7 Å². The number of fused-ring (bicyclic) bond motifs is 1. The summed E-state index contributed by atoms with van der Waals surface area (Å²) < 4.78 is 10.7. The van der Waals surface area contributed by atoms with Gasteiger partial charge in [0.25, 0.3) is 0 Å². The van der Waals surface area contributed by atoms with Gasteiger partial charge in [-0.15, -0.1) is 11.8 Å². The number of carbonyl (C=O) groups is 2. The largest absolute Gasteiger partial charge is 0.488 e. The summed E-state index contributed by atoms with van der Waals surface area (Å²) in [6.45, 7) is 2.05. The van der Waals surface area contributed by atoms with E-state index in [0.717, 1.165) is 4.90 Å². The fraction of sp³-hybridized carbons (Fsp3) is 0.222. The summed E-state index contributed by atoms with van der Waals surface area (Å²) in [5.74, 6) is -0.104. The Kier molecular flexibility index (Phi) is 5.96. The number of amides is 1. The number of hydrogen-bond donors (Lipinski definition) is 1. The van der Waals surface area contributed by atoms with Gasteiger partial charge < -0.3 is 14.8 Å². The molecule has 5 nitrogen and oxygen atoms in total. The predicted octanol–water partition coefficient (Wildman–Crippen LogP) is 4.66. The van der Waals surface area contributed by atoms with Gasteiger partial charge in [0.1, 0.15) is 19.0 Å². The van der Waals surface area contributed by atoms with Crippen molar-refractivity contribution < 1.29 is 19.1 Å². The number of carbonyl (C=O) groups excluding carboxylic acids is 2. The number of thioether (sulfide) groups is 1. The van der Waals surface area contributed by atoms with E-state index in [0.29, 0.717) is 27.0 Å². The zero-order chi connectivity index (χ0) is 18.7. The van der Waals surface area contributed by atoms with Crippen LogP contribution in [0.2, 0.25) is 10.0 Å². The molecule has 0 saturated heterocycles. The van der Waals surface area contributed by atoms with E-state index in [-0.39, 0.29) is 24.4 Å². The van der Waals surface area contributed by atoms with Crippen LogP contribution >= 0.6 is 35.0 Å². The van der Waals surface area contributed by atoms with Crippen molar-refractivity contribution in [1.82, 2.24) is 0 Å². The van der Waals surface area contributed by atoms with Crippen molar-refractivity contribution in [2.45, 2.75) is 17.1 Å². The second-order valence-electron chi connectivity index (χ2n) is 5.52. The molecule has 0 fully saturated rings. The van der Waals surface area contributed by atoms with Crippen LogP contribution in [0.1, 0.15) is 17.3 Å². The Hall–Kier alpha value is -1.89. The summed E-state index contributed by atoms with van der Waals surface area (Å²) in [4.78, 5) is 24.8. The minimum Gasteiger partial charge on any atom is -0.488 e. The topological polar surface area (TPSA) is 64.6 Å². The first-order valence-corrected chi connectivity index (χ1v) is 9.44. The van der Waals surface area contributed by atoms with Gasteiger partial charge in [-0.3, -0.25) is 4.79 Å². The molecule has 1 N–H and O–H groups in total. The van der Waals surface area contributed by atoms with Crippen LogP contribution in [0.15, 0.2) is 41.3 Å². The molecule has 0 spiro atoms. The maximum absolute atomic E-state index is 12.2. The van der Waals surface area contributed by atoms with Crippen molar-refractivity contribution in [3.05, 3.63) is 52.0 Å². The van der Waals surface area contributed by atoms with Gasteiger partial charge in [0.05, 0.1) is 21.5 Å². The van der Waals surface area contributed by atoms with E-state index in [9.17, 15) is 9.59 Å². The Morgan fingerprint density at radius 2 is 2.00 bits per heavy atom. The number of hydrogen-bond acceptors (Lipinski definition) is 5. The molecule has 2 aromatic carbocycles. The molecule has 0 bridgehead atoms. The maximum Gasteiger partial charge on any atom is 0.338 e. The van der Waals surface area contributed by atoms with Gasteiger partial charge in [0.2, 0.25) is 5.91 Å². The average Bonchev–Trinajstić information content (AvgIpc) is 2.60. The summed E-state index contributed by atoms with van der Waals surface area (Å²) in [7, 11) is 0. The minimum absolute atomic E-state index is 0.0625. The van der Waals surface area contributed by atoms with Crippen LogP contribution in [0.4, 0.5) is 5.69 Å². The van der Waals surface area contributed by atoms with Gasteiger partial charge in [-0.05, 0) is 43.3 Å². The highest BCUT2D eigenvalue weighted by Crippen LogP contribution is 2.36. The third-order valence-corrected chi connectivity index (χ3v) is 5.32. The zero-order valence-corrected chi connectivity index (χ0v) is 16.1. The molecule has 1 aliphatic heterocycles. The van der Waals surface area contributed by atoms with E-state index < -0.39 is 5.97 Å². The lowest BCUT2D eigenvalue weighted by atomic mass is 10.2. The molecule has 0 aliphatic carbocycles. The van der Waals surface area contributed by atoms with E-state index in [1.807, 2.05) is 6.92 Å². The molecule has 136 valence electrons. The molecular weight excluding hydrogens is 397 g/mol. The second-order valence-corrected chi connectivity index (χ2v) is 7.75. The van der Waals surface area contributed by atoms with Crippen LogP contribution in [-0.4, -0.2) is 30.3 Å². The van der Waals surface area contributed by atoms with Crippen molar-refractivity contribution in [3.63, 3.8) is 0 Å². The number of nitrogens with one attached hydrogen (secondary N) is 1. The molecule has 1 aliphatic rings. The van der Waals surface area contributed by atoms with E-state index in [1.165, 1.54) is 11.8 Å². The summed E-state index contributed by atoms with van der Waals surface area (Å²) >= 11 is 13.3. The summed E-state index contributed by atoms with van der Waals surface area (Å²) in [6.07, 6.45) is 0. The molecule has 1 amide bonds. The molecule has 1 unspecified atom stereocenters. The molecule has 0 radical (unpaired) electrons. The standard InChI is InChI=1S/C18H15Cl2NO4S/c1-10-17(22)21-14-8-11(2-5-16(14)26-10)18(23)25-7-6-24-15-4-3-12(19)9-13(15)20/h2-5,8-10H,6-7H2,1H3,(H,21,22). The molecular formula is C18H15Cl2NO4S. The first-order valence-electron chi connectivity index (χ1n) is 7.80. The predicted molar refractivity (Wildman–Crippen MR) is 103 cm³/mol. The number of ether oxygens (including phenoxy) is 2. The van der Waals surface area contributed by atoms with Crippen molar-refractivity contribution in [2.24, 2.45) is 0 Å². The highest BCUT2D eigenvalue weighted by molar-refractivity contribution is 8.00. The van der Waals surface area contributed by atoms with E-state index >= 15 is 0 Å². The van der Waals surface area contributed by atoms with Gasteiger partial charge in [-0.1, -0.05) is 23.2 Å². The van der Waals surface area contributed by atoms with Gasteiger partial charge in [0, 0.05) is 9.92 Å². The highest BCUT2D eigenvalue weighted by Gasteiger charge is 2.24. The van der Waals surface area contributed by atoms with Crippen LogP contribution in [0.3, 0.4) is 0 Å². The quantitative estimate of drug-likeness (QED) is 0.572. The summed E-state index contributed by atoms with van der Waals surface area (Å²) in [5, 5.41) is 3.54. The second kappa shape index (κ2) is 8.20. The third kappa shape index (κ3) is 4.44. The van der Waals surface area contributed by atoms with Crippen molar-refractivity contribution >= 4 is 52.5 Å². The molecule has 3 rings (SSSR count). The highest BCUT2D eigenvalue weighted by atomic mass is 35.5. The molecule has 8 heteroatoms. The fourth-order valence-electron chi connectivity index (χ4n) is 2.30. The monoisotopic (exact) mass is 411 g/mol. The van der Waals surface area contributed by atoms with Crippen LogP contribution in [0.25, 0.3) is 0 Å². The number of esters is 1. The average molecular weight is 412 g/mol. The molecule has 0 saturated carbocycles. The molecule has 1 heterocycles. The minimum atomic E-state index is -0.489. The van der Waals surface area contributed by atoms with Gasteiger partial charge in [0.15, 0.2) is 0 Å². The number of halogens is 2. The van der Waals surface area contributed by atoms with Crippen molar-refractivity contribution in [2.75, 3.05) is 18.5 Å². The summed E-state index contributed by atoms with van der Waals surface area (Å²) in [5.41, 5.74) is 0.987. The lowest BCUT2D eigenvalue weighted by Crippen LogP contribution is -2.26. The summed E-state index contributed by atoms with van der Waals surface area (Å²) in [6, 6.07) is 9.98. The maximum atomic E-state index is 12.2. The van der Waals surface area contributed by atoms with Crippen molar-refractivity contribution in [1.29, 1.82) is 0 Å². The van der Waals surface area contributed by atoms with E-state index in [1.54, 1.807) is 36.4 Å². The van der Waals surface area contributed by atoms with Gasteiger partial charge in [-0.2, -0.15) is 0 Å². The molecule has 26 heavy (non-hydrogen) atoms. The molecule has 2 aromatic rings. The SMILES string of the molecule is CC1Sc2ccc(C(=O)OCCOc3ccc(Cl)cc3Cl)cc2NC1=O. The Morgan fingerprint density at radius 3 is 2.77 bits per heavy atom. The van der Waals surface area contributed by atoms with Crippen LogP contribution in [-0.2, 0) is 9.53 Å². The first-order chi connectivity index (χ1) is 12.4. The first kappa shape index (κ1) is 18.9. The van der Waals surface area contributed by atoms with Crippen molar-refractivity contribution in [3.8, 4) is 5.75 Å².